The number of hydrogen-bond acceptors (Lipinski definition) is 15. The molecule has 0 saturated carbocycles. The Labute approximate surface area is 236 Å². The van der Waals surface area contributed by atoms with Gasteiger partial charge in [0.1, 0.15) is 88.9 Å². The fraction of sp³-hybridized carbons (Fsp3) is 0.444. The average Bonchev–Trinajstić information content (AvgIpc) is 2.97. The molecule has 5 rings (SSSR count). The van der Waals surface area contributed by atoms with Gasteiger partial charge in [-0.2, -0.15) is 0 Å². The third-order valence-corrected chi connectivity index (χ3v) is 7.43. The summed E-state index contributed by atoms with van der Waals surface area (Å²) in [7, 11) is 0. The summed E-state index contributed by atoms with van der Waals surface area (Å²) in [6, 6.07) is 7.88. The van der Waals surface area contributed by atoms with Gasteiger partial charge < -0.3 is 69.7 Å². The minimum atomic E-state index is -1.83. The molecule has 0 radical (unpaired) electrons. The van der Waals surface area contributed by atoms with E-state index in [1.165, 1.54) is 24.3 Å². The highest BCUT2D eigenvalue weighted by Gasteiger charge is 2.46. The first kappa shape index (κ1) is 30.1. The van der Waals surface area contributed by atoms with Crippen molar-refractivity contribution >= 4 is 11.0 Å². The molecule has 0 aliphatic carbocycles. The Morgan fingerprint density at radius 3 is 1.95 bits per heavy atom. The molecule has 2 aliphatic rings. The summed E-state index contributed by atoms with van der Waals surface area (Å²) >= 11 is 0. The number of aliphatic hydroxyl groups excluding tert-OH is 8. The molecule has 3 aromatic rings. The Morgan fingerprint density at radius 2 is 1.33 bits per heavy atom. The van der Waals surface area contributed by atoms with Crippen LogP contribution in [0, 0.1) is 0 Å². The quantitative estimate of drug-likeness (QED) is 0.142. The number of aromatic hydroxyl groups is 2. The monoisotopic (exact) mass is 594 g/mol. The molecule has 3 heterocycles. The highest BCUT2D eigenvalue weighted by molar-refractivity contribution is 5.88. The Hall–Kier alpha value is -3.35. The minimum absolute atomic E-state index is 0.0197. The summed E-state index contributed by atoms with van der Waals surface area (Å²) in [5.74, 6) is -1.28. The lowest BCUT2D eigenvalue weighted by atomic mass is 9.89. The molecule has 10 N–H and O–H groups in total. The summed E-state index contributed by atoms with van der Waals surface area (Å²) in [6.07, 6.45) is -15.6. The number of aliphatic hydroxyl groups is 8. The van der Waals surface area contributed by atoms with Crippen LogP contribution in [0.25, 0.3) is 22.3 Å². The Bertz CT molecular complexity index is 1470. The molecule has 42 heavy (non-hydrogen) atoms. The first-order chi connectivity index (χ1) is 20.0. The molecular formula is C27H30O15. The van der Waals surface area contributed by atoms with Gasteiger partial charge in [-0.25, -0.2) is 0 Å². The zero-order chi connectivity index (χ0) is 30.5. The van der Waals surface area contributed by atoms with Crippen molar-refractivity contribution in [3.8, 4) is 28.6 Å². The van der Waals surface area contributed by atoms with Crippen LogP contribution in [-0.2, 0) is 9.47 Å². The second-order valence-corrected chi connectivity index (χ2v) is 10.1. The van der Waals surface area contributed by atoms with Crippen molar-refractivity contribution in [2.24, 2.45) is 0 Å². The predicted molar refractivity (Wildman–Crippen MR) is 138 cm³/mol. The van der Waals surface area contributed by atoms with Crippen molar-refractivity contribution < 1.29 is 69.7 Å². The Morgan fingerprint density at radius 1 is 0.738 bits per heavy atom. The molecule has 1 unspecified atom stereocenters. The van der Waals surface area contributed by atoms with E-state index in [-0.39, 0.29) is 22.5 Å². The van der Waals surface area contributed by atoms with Gasteiger partial charge in [-0.15, -0.1) is 0 Å². The van der Waals surface area contributed by atoms with Crippen LogP contribution >= 0.6 is 0 Å². The van der Waals surface area contributed by atoms with Gasteiger partial charge in [0.05, 0.1) is 18.8 Å². The molecule has 10 atom stereocenters. The largest absolute Gasteiger partial charge is 0.507 e. The summed E-state index contributed by atoms with van der Waals surface area (Å²) in [5, 5.41) is 101. The van der Waals surface area contributed by atoms with Gasteiger partial charge in [-0.3, -0.25) is 4.79 Å². The van der Waals surface area contributed by atoms with Crippen LogP contribution in [0.2, 0.25) is 0 Å². The molecule has 0 amide bonds. The highest BCUT2D eigenvalue weighted by atomic mass is 16.7. The molecule has 15 heteroatoms. The second kappa shape index (κ2) is 11.7. The first-order valence-corrected chi connectivity index (χ1v) is 12.9. The number of phenolic OH excluding ortho intramolecular Hbond substituents is 2. The minimum Gasteiger partial charge on any atom is -0.507 e. The Balaban J connectivity index is 1.43. The van der Waals surface area contributed by atoms with Crippen molar-refractivity contribution in [3.05, 3.63) is 52.2 Å². The maximum Gasteiger partial charge on any atom is 0.229 e. The second-order valence-electron chi connectivity index (χ2n) is 10.1. The Kier molecular flexibility index (Phi) is 8.41. The van der Waals surface area contributed by atoms with E-state index in [0.29, 0.717) is 5.56 Å². The molecule has 0 bridgehead atoms. The fourth-order valence-electron chi connectivity index (χ4n) is 5.06. The molecule has 2 saturated heterocycles. The van der Waals surface area contributed by atoms with E-state index in [1.54, 1.807) is 0 Å². The van der Waals surface area contributed by atoms with E-state index in [4.69, 9.17) is 18.6 Å². The van der Waals surface area contributed by atoms with Gasteiger partial charge in [-0.1, -0.05) is 0 Å². The van der Waals surface area contributed by atoms with Gasteiger partial charge in [0.2, 0.25) is 6.29 Å². The topological polar surface area (TPSA) is 260 Å². The maximum atomic E-state index is 13.1. The van der Waals surface area contributed by atoms with E-state index in [2.05, 4.69) is 0 Å². The third kappa shape index (κ3) is 5.20. The van der Waals surface area contributed by atoms with Crippen molar-refractivity contribution in [1.82, 2.24) is 0 Å². The predicted octanol–water partition coefficient (Wildman–Crippen LogP) is -2.44. The summed E-state index contributed by atoms with van der Waals surface area (Å²) in [4.78, 5) is 13.1. The van der Waals surface area contributed by atoms with Crippen LogP contribution in [0.4, 0.5) is 0 Å². The number of benzene rings is 2. The van der Waals surface area contributed by atoms with E-state index < -0.39 is 96.9 Å². The van der Waals surface area contributed by atoms with Crippen LogP contribution < -0.4 is 10.2 Å². The summed E-state index contributed by atoms with van der Waals surface area (Å²) in [6.45, 7) is -1.37. The van der Waals surface area contributed by atoms with Crippen molar-refractivity contribution in [3.63, 3.8) is 0 Å². The van der Waals surface area contributed by atoms with E-state index in [1.807, 2.05) is 0 Å². The van der Waals surface area contributed by atoms with Crippen molar-refractivity contribution in [1.29, 1.82) is 0 Å². The maximum absolute atomic E-state index is 13.1. The van der Waals surface area contributed by atoms with Gasteiger partial charge >= 0.3 is 0 Å². The molecule has 2 fully saturated rings. The molecular weight excluding hydrogens is 564 g/mol. The molecule has 228 valence electrons. The number of ether oxygens (including phenoxy) is 3. The SMILES string of the molecule is O=c1cc(-c2ccc(O[C@@H]3O[C@H](CO)[C@H](O)[C@@H](O)[C@@H]3O)cc2)oc2cc(O)c(C3O[C@H](CO)[C@H](O)[C@H](O)[C@@H]3O)c(O)c12. The third-order valence-electron chi connectivity index (χ3n) is 7.43. The molecule has 0 spiro atoms. The molecule has 2 aromatic carbocycles. The highest BCUT2D eigenvalue weighted by Crippen LogP contribution is 2.44. The van der Waals surface area contributed by atoms with Crippen LogP contribution in [0.1, 0.15) is 11.7 Å². The number of fused-ring (bicyclic) bond motifs is 1. The lowest BCUT2D eigenvalue weighted by molar-refractivity contribution is -0.277. The van der Waals surface area contributed by atoms with E-state index >= 15 is 0 Å². The lowest BCUT2D eigenvalue weighted by Crippen LogP contribution is -2.60. The van der Waals surface area contributed by atoms with Crippen molar-refractivity contribution in [2.75, 3.05) is 13.2 Å². The van der Waals surface area contributed by atoms with E-state index in [0.717, 1.165) is 12.1 Å². The lowest BCUT2D eigenvalue weighted by Gasteiger charge is -2.40. The van der Waals surface area contributed by atoms with Crippen molar-refractivity contribution in [2.45, 2.75) is 61.2 Å². The molecule has 15 nitrogen and oxygen atoms in total. The number of hydrogen-bond donors (Lipinski definition) is 10. The van der Waals surface area contributed by atoms with Crippen LogP contribution in [-0.4, -0.2) is 119 Å². The number of rotatable bonds is 6. The smallest absolute Gasteiger partial charge is 0.229 e. The van der Waals surface area contributed by atoms with Gasteiger partial charge in [0.25, 0.3) is 0 Å². The molecule has 1 aromatic heterocycles. The standard InChI is InChI=1S/C27H30O15/c28-7-15-19(32)22(35)24(37)26(41-15)18-12(31)6-14-17(21(18)34)11(30)5-13(40-14)9-1-3-10(4-2-9)39-27-25(38)23(36)20(33)16(8-29)42-27/h1-6,15-16,19-20,22-29,31-38H,7-8H2/t15-,16-,19+,20+,22+,23-,24+,25+,26?,27-/m1/s1. The van der Waals surface area contributed by atoms with E-state index in [9.17, 15) is 55.9 Å². The van der Waals surface area contributed by atoms with Crippen LogP contribution in [0.15, 0.2) is 45.6 Å². The zero-order valence-corrected chi connectivity index (χ0v) is 21.7. The van der Waals surface area contributed by atoms with Crippen LogP contribution in [0.3, 0.4) is 0 Å². The van der Waals surface area contributed by atoms with Gasteiger partial charge in [-0.05, 0) is 24.3 Å². The van der Waals surface area contributed by atoms with Gasteiger partial charge in [0, 0.05) is 17.7 Å². The average molecular weight is 595 g/mol. The first-order valence-electron chi connectivity index (χ1n) is 12.9. The van der Waals surface area contributed by atoms with Gasteiger partial charge in [0.15, 0.2) is 5.43 Å². The summed E-state index contributed by atoms with van der Waals surface area (Å²) < 4.78 is 22.0. The summed E-state index contributed by atoms with van der Waals surface area (Å²) in [5.41, 5.74) is -1.07. The van der Waals surface area contributed by atoms with Crippen LogP contribution in [0.5, 0.6) is 17.2 Å². The molecule has 2 aliphatic heterocycles. The number of phenols is 2. The normalized spacial score (nSPS) is 33.5. The fourth-order valence-corrected chi connectivity index (χ4v) is 5.06. The zero-order valence-electron chi connectivity index (χ0n) is 21.7.